The molecule has 5 aliphatic rings. The van der Waals surface area contributed by atoms with Gasteiger partial charge in [0, 0.05) is 69.2 Å². The second-order valence-corrected chi connectivity index (χ2v) is 23.2. The van der Waals surface area contributed by atoms with E-state index in [9.17, 15) is 9.59 Å². The molecule has 0 N–H and O–H groups in total. The third-order valence-corrected chi connectivity index (χ3v) is 18.2. The molecule has 3 unspecified atom stereocenters. The van der Waals surface area contributed by atoms with Crippen LogP contribution in [0.1, 0.15) is 139 Å². The summed E-state index contributed by atoms with van der Waals surface area (Å²) in [4.78, 5) is 30.5. The lowest BCUT2D eigenvalue weighted by molar-refractivity contribution is -0.0137. The van der Waals surface area contributed by atoms with Gasteiger partial charge in [0.05, 0.1) is 40.6 Å². The third-order valence-electron chi connectivity index (χ3n) is 17.3. The van der Waals surface area contributed by atoms with E-state index in [1.807, 2.05) is 128 Å². The minimum Gasteiger partial charge on any atom is -0.497 e. The van der Waals surface area contributed by atoms with Gasteiger partial charge in [-0.3, -0.25) is 0 Å². The number of rotatable bonds is 14. The van der Waals surface area contributed by atoms with Crippen molar-refractivity contribution < 1.29 is 55.9 Å². The van der Waals surface area contributed by atoms with Crippen LogP contribution in [0, 0.1) is 0 Å². The molecule has 0 radical (unpaired) electrons. The van der Waals surface area contributed by atoms with Gasteiger partial charge in [-0.05, 0) is 126 Å². The molecule has 3 atom stereocenters. The highest BCUT2D eigenvalue weighted by Gasteiger charge is 2.59. The van der Waals surface area contributed by atoms with Gasteiger partial charge in [0.25, 0.3) is 0 Å². The number of aryl methyl sites for hydroxylation is 1. The predicted octanol–water partition coefficient (Wildman–Crippen LogP) is 11.4. The lowest BCUT2D eigenvalue weighted by atomic mass is 9.71. The number of halogens is 2. The molecule has 0 amide bonds. The Balaban J connectivity index is 0.913. The summed E-state index contributed by atoms with van der Waals surface area (Å²) in [5.74, 6) is 0.175. The first-order valence-corrected chi connectivity index (χ1v) is 27.5. The van der Waals surface area contributed by atoms with Gasteiger partial charge >= 0.3 is 26.2 Å². The number of cyclic esters (lactones) is 1. The maximum Gasteiger partial charge on any atom is 0.495 e. The Bertz CT molecular complexity index is 3370. The molecule has 11 nitrogen and oxygen atoms in total. The largest absolute Gasteiger partial charge is 0.497 e. The van der Waals surface area contributed by atoms with Gasteiger partial charge in [-0.1, -0.05) is 80.1 Å². The van der Waals surface area contributed by atoms with Gasteiger partial charge < -0.3 is 42.5 Å². The SMILES string of the molecule is CCCc1cc(N(C)CCC2(C)OB(c3ccc4c(c3CF)Oc3cc(OC)ccc3C43OC(=O)c4ccccc43)OC2(C)C)ccc1C1(c2ccc(B3OC(C)(C)C(C)(C)O3)c(CF)c2SC)OC(=O)c2ccccc21. The maximum atomic E-state index is 15.9. The summed E-state index contributed by atoms with van der Waals surface area (Å²) in [5, 5.41) is 0. The molecule has 5 heterocycles. The van der Waals surface area contributed by atoms with Gasteiger partial charge in [0.1, 0.15) is 30.6 Å². The van der Waals surface area contributed by atoms with Crippen molar-refractivity contribution in [2.24, 2.45) is 0 Å². The predicted molar refractivity (Wildman–Crippen MR) is 295 cm³/mol. The van der Waals surface area contributed by atoms with Crippen LogP contribution < -0.4 is 25.3 Å². The van der Waals surface area contributed by atoms with Crippen molar-refractivity contribution in [3.05, 3.63) is 170 Å². The summed E-state index contributed by atoms with van der Waals surface area (Å²) in [5.41, 5.74) is 2.56. The number of carbonyl (C=O) groups is 2. The van der Waals surface area contributed by atoms with E-state index in [-0.39, 0.29) is 11.3 Å². The van der Waals surface area contributed by atoms with Crippen LogP contribution in [0.15, 0.2) is 114 Å². The molecule has 0 aliphatic carbocycles. The summed E-state index contributed by atoms with van der Waals surface area (Å²) in [6.07, 6.45) is 3.89. The zero-order valence-corrected chi connectivity index (χ0v) is 46.3. The van der Waals surface area contributed by atoms with E-state index in [0.29, 0.717) is 91.2 Å². The van der Waals surface area contributed by atoms with E-state index in [4.69, 9.17) is 37.6 Å². The number of hydrogen-bond acceptors (Lipinski definition) is 12. The van der Waals surface area contributed by atoms with Crippen molar-refractivity contribution >= 4 is 54.6 Å². The molecule has 11 rings (SSSR count). The minimum absolute atomic E-state index is 0.223. The van der Waals surface area contributed by atoms with Crippen molar-refractivity contribution in [3.8, 4) is 17.2 Å². The van der Waals surface area contributed by atoms with Crippen LogP contribution in [0.3, 0.4) is 0 Å². The highest BCUT2D eigenvalue weighted by Crippen LogP contribution is 2.58. The second-order valence-electron chi connectivity index (χ2n) is 22.3. The summed E-state index contributed by atoms with van der Waals surface area (Å²) in [6, 6.07) is 33.7. The molecule has 398 valence electrons. The normalized spacial score (nSPS) is 23.0. The first kappa shape index (κ1) is 52.9. The number of nitrogens with zero attached hydrogens (tertiary/aromatic N) is 1. The van der Waals surface area contributed by atoms with E-state index in [2.05, 4.69) is 17.9 Å². The summed E-state index contributed by atoms with van der Waals surface area (Å²) < 4.78 is 83.5. The van der Waals surface area contributed by atoms with Crippen LogP contribution in [-0.4, -0.2) is 75.5 Å². The minimum atomic E-state index is -1.41. The Morgan fingerprint density at radius 3 is 1.77 bits per heavy atom. The average Bonchev–Trinajstić information content (AvgIpc) is 4.27. The first-order chi connectivity index (χ1) is 36.7. The number of thioether (sulfide) groups is 1. The fourth-order valence-corrected chi connectivity index (χ4v) is 12.8. The summed E-state index contributed by atoms with van der Waals surface area (Å²) in [7, 11) is 1.81. The average molecular weight is 1060 g/mol. The molecular weight excluding hydrogens is 998 g/mol. The maximum absolute atomic E-state index is 15.9. The topological polar surface area (TPSA) is 111 Å². The quantitative estimate of drug-likeness (QED) is 0.0588. The number of alkyl halides is 2. The molecule has 1 spiro atoms. The van der Waals surface area contributed by atoms with Crippen LogP contribution in [-0.2, 0) is 59.1 Å². The van der Waals surface area contributed by atoms with E-state index in [0.717, 1.165) is 23.2 Å². The number of methoxy groups -OCH3 is 1. The van der Waals surface area contributed by atoms with Crippen molar-refractivity contribution in [2.75, 3.05) is 31.9 Å². The Kier molecular flexibility index (Phi) is 13.1. The Hall–Kier alpha value is -6.16. The number of carbonyl (C=O) groups excluding carboxylic acids is 2. The number of benzene rings is 6. The summed E-state index contributed by atoms with van der Waals surface area (Å²) >= 11 is 1.41. The summed E-state index contributed by atoms with van der Waals surface area (Å²) in [6.45, 7) is 14.8. The molecule has 0 aromatic heterocycles. The van der Waals surface area contributed by atoms with E-state index < -0.39 is 73.1 Å². The van der Waals surface area contributed by atoms with Crippen molar-refractivity contribution in [2.45, 2.75) is 127 Å². The molecule has 5 aliphatic heterocycles. The standard InChI is InChI=1S/C61H63B2F2NO10S/c1-12-17-36-32-37(22-24-43(36)60(44-20-15-13-18-39(44)54(67)71-60)48-27-29-50(42(35-65)53(48)77-11)62-73-56(2,3)57(4,5)74-62)66(9)31-30-59(8)58(6,7)75-63(76-59)49-28-26-47-52(41(49)34-64)70-51-33-38(69-10)23-25-46(51)61(47)45-21-16-14-19-40(45)55(68)72-61/h13-16,18-29,32-33H,12,17,30-31,34-35H2,1-11H3. The molecule has 0 bridgehead atoms. The molecule has 2 fully saturated rings. The smallest absolute Gasteiger partial charge is 0.495 e. The Labute approximate surface area is 454 Å². The zero-order chi connectivity index (χ0) is 54.6. The lowest BCUT2D eigenvalue weighted by Gasteiger charge is -2.38. The third kappa shape index (κ3) is 7.97. The van der Waals surface area contributed by atoms with Crippen molar-refractivity contribution in [1.82, 2.24) is 0 Å². The molecule has 77 heavy (non-hydrogen) atoms. The number of fused-ring (bicyclic) bond motifs is 7. The van der Waals surface area contributed by atoms with Crippen LogP contribution in [0.2, 0.25) is 0 Å². The van der Waals surface area contributed by atoms with Crippen LogP contribution >= 0.6 is 11.8 Å². The molecule has 0 saturated carbocycles. The number of ether oxygens (including phenoxy) is 4. The van der Waals surface area contributed by atoms with Crippen molar-refractivity contribution in [1.29, 1.82) is 0 Å². The van der Waals surface area contributed by atoms with Gasteiger partial charge in [0.15, 0.2) is 11.2 Å². The number of anilines is 1. The molecule has 6 aromatic rings. The van der Waals surface area contributed by atoms with Gasteiger partial charge in [-0.15, -0.1) is 11.8 Å². The molecular formula is C61H63B2F2NO10S. The Morgan fingerprint density at radius 2 is 1.17 bits per heavy atom. The van der Waals surface area contributed by atoms with Crippen molar-refractivity contribution in [3.63, 3.8) is 0 Å². The number of esters is 2. The fraction of sp³-hybridized carbons (Fsp3) is 0.377. The van der Waals surface area contributed by atoms with Crippen LogP contribution in [0.25, 0.3) is 0 Å². The first-order valence-electron chi connectivity index (χ1n) is 26.3. The zero-order valence-electron chi connectivity index (χ0n) is 45.5. The van der Waals surface area contributed by atoms with E-state index in [1.165, 1.54) is 11.8 Å². The van der Waals surface area contributed by atoms with Gasteiger partial charge in [-0.25, -0.2) is 18.4 Å². The second kappa shape index (κ2) is 19.0. The van der Waals surface area contributed by atoms with Gasteiger partial charge in [0.2, 0.25) is 0 Å². The molecule has 6 aromatic carbocycles. The highest BCUT2D eigenvalue weighted by atomic mass is 32.2. The molecule has 2 saturated heterocycles. The lowest BCUT2D eigenvalue weighted by Crippen LogP contribution is -2.46. The van der Waals surface area contributed by atoms with E-state index in [1.54, 1.807) is 43.5 Å². The van der Waals surface area contributed by atoms with Gasteiger partial charge in [-0.2, -0.15) is 0 Å². The van der Waals surface area contributed by atoms with Crippen LogP contribution in [0.4, 0.5) is 14.5 Å². The number of hydrogen-bond donors (Lipinski definition) is 0. The van der Waals surface area contributed by atoms with E-state index >= 15 is 8.78 Å². The highest BCUT2D eigenvalue weighted by molar-refractivity contribution is 7.98. The fourth-order valence-electron chi connectivity index (χ4n) is 11.9. The Morgan fingerprint density at radius 1 is 0.623 bits per heavy atom. The monoisotopic (exact) mass is 1060 g/mol. The van der Waals surface area contributed by atoms with Crippen LogP contribution in [0.5, 0.6) is 17.2 Å². The molecule has 16 heteroatoms.